The number of rotatable bonds is 3. The molecule has 0 saturated carbocycles. The van der Waals surface area contributed by atoms with E-state index in [0.29, 0.717) is 6.54 Å². The van der Waals surface area contributed by atoms with Crippen LogP contribution in [0.25, 0.3) is 0 Å². The second-order valence-corrected chi connectivity index (χ2v) is 3.12. The van der Waals surface area contributed by atoms with Gasteiger partial charge in [0.1, 0.15) is 11.4 Å². The highest BCUT2D eigenvalue weighted by atomic mass is 19.3. The van der Waals surface area contributed by atoms with Crippen molar-refractivity contribution in [1.82, 2.24) is 9.55 Å². The van der Waals surface area contributed by atoms with Gasteiger partial charge in [-0.3, -0.25) is 0 Å². The predicted molar refractivity (Wildman–Crippen MR) is 45.4 cm³/mol. The summed E-state index contributed by atoms with van der Waals surface area (Å²) >= 11 is 0. The predicted octanol–water partition coefficient (Wildman–Crippen LogP) is 1.34. The number of nitrogens with zero attached hydrogens (tertiary/aromatic N) is 2. The zero-order valence-corrected chi connectivity index (χ0v) is 7.67. The van der Waals surface area contributed by atoms with Crippen LogP contribution in [-0.2, 0) is 12.1 Å². The molecule has 1 heterocycles. The Labute approximate surface area is 75.6 Å². The Hall–Kier alpha value is -0.970. The first-order chi connectivity index (χ1) is 6.00. The quantitative estimate of drug-likeness (QED) is 0.779. The minimum Gasteiger partial charge on any atom is -0.333 e. The zero-order chi connectivity index (χ0) is 10.1. The molecule has 1 aromatic rings. The molecule has 2 N–H and O–H groups in total. The van der Waals surface area contributed by atoms with Gasteiger partial charge in [0, 0.05) is 18.9 Å². The second-order valence-electron chi connectivity index (χ2n) is 3.12. The molecule has 3 nitrogen and oxygen atoms in total. The summed E-state index contributed by atoms with van der Waals surface area (Å²) in [6.45, 7) is 3.73. The minimum atomic E-state index is -2.61. The molecule has 1 rings (SSSR count). The molecular weight excluding hydrogens is 176 g/mol. The average Bonchev–Trinajstić information content (AvgIpc) is 2.51. The fraction of sp³-hybridized carbons (Fsp3) is 0.625. The lowest BCUT2D eigenvalue weighted by Gasteiger charge is -2.23. The molecule has 0 aliphatic heterocycles. The summed E-state index contributed by atoms with van der Waals surface area (Å²) in [5.74, 6) is 0.227. The second kappa shape index (κ2) is 3.41. The monoisotopic (exact) mass is 189 g/mol. The first kappa shape index (κ1) is 10.1. The van der Waals surface area contributed by atoms with E-state index < -0.39 is 12.0 Å². The fourth-order valence-electron chi connectivity index (χ4n) is 1.13. The highest BCUT2D eigenvalue weighted by molar-refractivity contribution is 5.07. The summed E-state index contributed by atoms with van der Waals surface area (Å²) in [6, 6.07) is 0. The number of aryl methyl sites for hydroxylation is 1. The molecule has 0 aliphatic carbocycles. The van der Waals surface area contributed by atoms with Gasteiger partial charge >= 0.3 is 0 Å². The van der Waals surface area contributed by atoms with Gasteiger partial charge in [-0.15, -0.1) is 0 Å². The summed E-state index contributed by atoms with van der Waals surface area (Å²) in [5, 5.41) is 0. The fourth-order valence-corrected chi connectivity index (χ4v) is 1.13. The molecule has 13 heavy (non-hydrogen) atoms. The van der Waals surface area contributed by atoms with Crippen molar-refractivity contribution >= 4 is 0 Å². The minimum absolute atomic E-state index is 0.227. The molecular formula is C8H13F2N3. The van der Waals surface area contributed by atoms with Gasteiger partial charge in [-0.05, 0) is 13.8 Å². The van der Waals surface area contributed by atoms with Gasteiger partial charge in [-0.1, -0.05) is 0 Å². The summed E-state index contributed by atoms with van der Waals surface area (Å²) in [4.78, 5) is 3.84. The largest absolute Gasteiger partial charge is 0.333 e. The molecule has 0 saturated heterocycles. The lowest BCUT2D eigenvalue weighted by Crippen LogP contribution is -2.43. The van der Waals surface area contributed by atoms with Crippen molar-refractivity contribution in [2.45, 2.75) is 32.4 Å². The maximum atomic E-state index is 12.5. The third-order valence-electron chi connectivity index (χ3n) is 1.99. The van der Waals surface area contributed by atoms with E-state index in [0.717, 1.165) is 0 Å². The van der Waals surface area contributed by atoms with E-state index in [1.807, 2.05) is 6.92 Å². The van der Waals surface area contributed by atoms with Crippen molar-refractivity contribution in [2.75, 3.05) is 0 Å². The molecule has 0 bridgehead atoms. The SMILES string of the molecule is CCn1ccnc1C(C)(N)C(F)F. The van der Waals surface area contributed by atoms with E-state index in [4.69, 9.17) is 5.73 Å². The first-order valence-corrected chi connectivity index (χ1v) is 4.08. The van der Waals surface area contributed by atoms with Crippen LogP contribution < -0.4 is 5.73 Å². The van der Waals surface area contributed by atoms with Gasteiger partial charge in [0.25, 0.3) is 6.43 Å². The van der Waals surface area contributed by atoms with Gasteiger partial charge in [0.15, 0.2) is 0 Å². The maximum Gasteiger partial charge on any atom is 0.263 e. The normalized spacial score (nSPS) is 16.2. The number of alkyl halides is 2. The molecule has 1 atom stereocenters. The summed E-state index contributed by atoms with van der Waals surface area (Å²) in [7, 11) is 0. The highest BCUT2D eigenvalue weighted by Gasteiger charge is 2.36. The maximum absolute atomic E-state index is 12.5. The van der Waals surface area contributed by atoms with Crippen LogP contribution >= 0.6 is 0 Å². The molecule has 0 fully saturated rings. The average molecular weight is 189 g/mol. The Morgan fingerprint density at radius 1 is 1.69 bits per heavy atom. The number of imidazole rings is 1. The van der Waals surface area contributed by atoms with Gasteiger partial charge in [-0.2, -0.15) is 0 Å². The van der Waals surface area contributed by atoms with Crippen molar-refractivity contribution < 1.29 is 8.78 Å². The summed E-state index contributed by atoms with van der Waals surface area (Å²) < 4.78 is 26.6. The van der Waals surface area contributed by atoms with Crippen molar-refractivity contribution in [3.05, 3.63) is 18.2 Å². The third-order valence-corrected chi connectivity index (χ3v) is 1.99. The van der Waals surface area contributed by atoms with Gasteiger partial charge in [0.2, 0.25) is 0 Å². The van der Waals surface area contributed by atoms with E-state index in [2.05, 4.69) is 4.98 Å². The van der Waals surface area contributed by atoms with Crippen molar-refractivity contribution in [1.29, 1.82) is 0 Å². The molecule has 0 aliphatic rings. The van der Waals surface area contributed by atoms with Crippen LogP contribution in [0.3, 0.4) is 0 Å². The standard InChI is InChI=1S/C8H13F2N3/c1-3-13-5-4-12-7(13)8(2,11)6(9)10/h4-6H,3,11H2,1-2H3. The van der Waals surface area contributed by atoms with Crippen LogP contribution in [0.4, 0.5) is 8.78 Å². The number of hydrogen-bond acceptors (Lipinski definition) is 2. The summed E-state index contributed by atoms with van der Waals surface area (Å²) in [5.41, 5.74) is 3.80. The van der Waals surface area contributed by atoms with Crippen LogP contribution in [0.5, 0.6) is 0 Å². The van der Waals surface area contributed by atoms with E-state index in [9.17, 15) is 8.78 Å². The number of nitrogens with two attached hydrogens (primary N) is 1. The van der Waals surface area contributed by atoms with E-state index in [1.54, 1.807) is 10.8 Å². The molecule has 5 heteroatoms. The molecule has 0 spiro atoms. The van der Waals surface area contributed by atoms with Crippen LogP contribution in [-0.4, -0.2) is 16.0 Å². The Morgan fingerprint density at radius 2 is 2.31 bits per heavy atom. The van der Waals surface area contributed by atoms with Crippen molar-refractivity contribution in [3.63, 3.8) is 0 Å². The van der Waals surface area contributed by atoms with Crippen LogP contribution in [0.2, 0.25) is 0 Å². The Bertz CT molecular complexity index is 281. The molecule has 0 amide bonds. The molecule has 0 aromatic carbocycles. The highest BCUT2D eigenvalue weighted by Crippen LogP contribution is 2.23. The molecule has 74 valence electrons. The Balaban J connectivity index is 3.06. The van der Waals surface area contributed by atoms with Gasteiger partial charge in [-0.25, -0.2) is 13.8 Å². The van der Waals surface area contributed by atoms with E-state index >= 15 is 0 Å². The van der Waals surface area contributed by atoms with Crippen molar-refractivity contribution in [3.8, 4) is 0 Å². The number of aromatic nitrogens is 2. The van der Waals surface area contributed by atoms with Crippen LogP contribution in [0.15, 0.2) is 12.4 Å². The van der Waals surface area contributed by atoms with Gasteiger partial charge in [0.05, 0.1) is 0 Å². The first-order valence-electron chi connectivity index (χ1n) is 4.08. The molecule has 1 unspecified atom stereocenters. The Morgan fingerprint density at radius 3 is 2.77 bits per heavy atom. The molecule has 0 radical (unpaired) electrons. The van der Waals surface area contributed by atoms with E-state index in [-0.39, 0.29) is 5.82 Å². The van der Waals surface area contributed by atoms with Crippen LogP contribution in [0, 0.1) is 0 Å². The molecule has 1 aromatic heterocycles. The van der Waals surface area contributed by atoms with Crippen molar-refractivity contribution in [2.24, 2.45) is 5.73 Å². The smallest absolute Gasteiger partial charge is 0.263 e. The van der Waals surface area contributed by atoms with Gasteiger partial charge < -0.3 is 10.3 Å². The third kappa shape index (κ3) is 1.70. The number of halogens is 2. The topological polar surface area (TPSA) is 43.8 Å². The van der Waals surface area contributed by atoms with Crippen LogP contribution in [0.1, 0.15) is 19.7 Å². The van der Waals surface area contributed by atoms with E-state index in [1.165, 1.54) is 13.1 Å². The number of hydrogen-bond donors (Lipinski definition) is 1. The lowest BCUT2D eigenvalue weighted by atomic mass is 10.0. The summed E-state index contributed by atoms with van der Waals surface area (Å²) in [6.07, 6.45) is 0.509. The lowest BCUT2D eigenvalue weighted by molar-refractivity contribution is 0.0557. The Kier molecular flexibility index (Phi) is 2.66. The zero-order valence-electron chi connectivity index (χ0n) is 7.67.